The minimum Gasteiger partial charge on any atom is -0.357 e. The molecule has 0 aliphatic carbocycles. The Kier molecular flexibility index (Phi) is 8.17. The quantitative estimate of drug-likeness (QED) is 0.326. The molecule has 0 saturated heterocycles. The Labute approximate surface area is 211 Å². The largest absolute Gasteiger partial charge is 0.357 e. The highest BCUT2D eigenvalue weighted by Crippen LogP contribution is 2.22. The van der Waals surface area contributed by atoms with Crippen LogP contribution in [0.15, 0.2) is 97.1 Å². The summed E-state index contributed by atoms with van der Waals surface area (Å²) in [6.07, 6.45) is 1.35. The van der Waals surface area contributed by atoms with Crippen LogP contribution in [0.3, 0.4) is 0 Å². The maximum absolute atomic E-state index is 13.7. The average Bonchev–Trinajstić information content (AvgIpc) is 2.90. The van der Waals surface area contributed by atoms with E-state index in [1.165, 1.54) is 0 Å². The number of nitrogens with one attached hydrogen (secondary N) is 1. The summed E-state index contributed by atoms with van der Waals surface area (Å²) < 4.78 is 0. The Bertz CT molecular complexity index is 1280. The van der Waals surface area contributed by atoms with Gasteiger partial charge in [0.2, 0.25) is 11.8 Å². The fraction of sp³-hybridized carbons (Fsp3) is 0.200. The second-order valence-corrected chi connectivity index (χ2v) is 9.04. The molecule has 0 aliphatic heterocycles. The van der Waals surface area contributed by atoms with Gasteiger partial charge in [-0.2, -0.15) is 0 Å². The van der Waals surface area contributed by atoms with Crippen LogP contribution in [0.2, 0.25) is 5.02 Å². The first-order chi connectivity index (χ1) is 17.0. The molecule has 0 fully saturated rings. The second kappa shape index (κ2) is 11.7. The number of fused-ring (bicyclic) bond motifs is 1. The third-order valence-electron chi connectivity index (χ3n) is 6.27. The maximum Gasteiger partial charge on any atom is 0.242 e. The number of hydrogen-bond donors (Lipinski definition) is 1. The molecule has 4 nitrogen and oxygen atoms in total. The number of carbonyl (C=O) groups is 2. The molecular weight excluding hydrogens is 456 g/mol. The van der Waals surface area contributed by atoms with Crippen molar-refractivity contribution in [1.29, 1.82) is 0 Å². The van der Waals surface area contributed by atoms with Gasteiger partial charge in [0.25, 0.3) is 0 Å². The van der Waals surface area contributed by atoms with Crippen molar-refractivity contribution in [3.05, 3.63) is 119 Å². The summed E-state index contributed by atoms with van der Waals surface area (Å²) in [6, 6.07) is 31.0. The van der Waals surface area contributed by atoms with Gasteiger partial charge in [0.05, 0.1) is 0 Å². The molecule has 0 aliphatic rings. The highest BCUT2D eigenvalue weighted by atomic mass is 35.5. The summed E-state index contributed by atoms with van der Waals surface area (Å²) in [6.45, 7) is 0.330. The highest BCUT2D eigenvalue weighted by molar-refractivity contribution is 6.30. The number of benzene rings is 4. The number of carbonyl (C=O) groups excluding carboxylic acids is 2. The van der Waals surface area contributed by atoms with Crippen LogP contribution in [0, 0.1) is 0 Å². The van der Waals surface area contributed by atoms with Crippen molar-refractivity contribution in [3.8, 4) is 0 Å². The fourth-order valence-electron chi connectivity index (χ4n) is 4.40. The van der Waals surface area contributed by atoms with Gasteiger partial charge in [0.1, 0.15) is 6.04 Å². The number of likely N-dealkylation sites (N-methyl/N-ethyl adjacent to an activating group) is 1. The number of nitrogens with zero attached hydrogens (tertiary/aromatic N) is 1. The maximum atomic E-state index is 13.7. The third kappa shape index (κ3) is 6.28. The van der Waals surface area contributed by atoms with Crippen LogP contribution in [0.25, 0.3) is 10.8 Å². The van der Waals surface area contributed by atoms with Gasteiger partial charge < -0.3 is 10.2 Å². The van der Waals surface area contributed by atoms with E-state index in [1.54, 1.807) is 11.9 Å². The molecule has 0 aromatic heterocycles. The molecule has 1 unspecified atom stereocenters. The Morgan fingerprint density at radius 2 is 1.51 bits per heavy atom. The normalized spacial score (nSPS) is 11.7. The van der Waals surface area contributed by atoms with Crippen LogP contribution < -0.4 is 5.32 Å². The molecule has 1 atom stereocenters. The highest BCUT2D eigenvalue weighted by Gasteiger charge is 2.29. The molecule has 35 heavy (non-hydrogen) atoms. The number of hydrogen-bond acceptors (Lipinski definition) is 2. The molecule has 4 rings (SSSR count). The summed E-state index contributed by atoms with van der Waals surface area (Å²) in [7, 11) is 1.61. The predicted octanol–water partition coefficient (Wildman–Crippen LogP) is 5.81. The second-order valence-electron chi connectivity index (χ2n) is 8.61. The molecule has 4 aromatic rings. The molecule has 0 spiro atoms. The van der Waals surface area contributed by atoms with E-state index in [0.717, 1.165) is 27.5 Å². The molecule has 5 heteroatoms. The molecule has 1 N–H and O–H groups in total. The molecule has 178 valence electrons. The zero-order chi connectivity index (χ0) is 24.6. The number of amides is 2. The minimum atomic E-state index is -0.627. The Morgan fingerprint density at radius 1 is 0.829 bits per heavy atom. The molecule has 0 bridgehead atoms. The number of rotatable bonds is 9. The predicted molar refractivity (Wildman–Crippen MR) is 142 cm³/mol. The van der Waals surface area contributed by atoms with Gasteiger partial charge in [-0.15, -0.1) is 0 Å². The summed E-state index contributed by atoms with van der Waals surface area (Å²) in [5, 5.41) is 5.70. The van der Waals surface area contributed by atoms with E-state index >= 15 is 0 Å². The Hall–Kier alpha value is -3.63. The van der Waals surface area contributed by atoms with E-state index in [9.17, 15) is 9.59 Å². The first kappa shape index (κ1) is 24.5. The van der Waals surface area contributed by atoms with Crippen molar-refractivity contribution in [2.75, 3.05) is 7.05 Å². The lowest BCUT2D eigenvalue weighted by molar-refractivity contribution is -0.141. The Morgan fingerprint density at radius 3 is 2.26 bits per heavy atom. The van der Waals surface area contributed by atoms with E-state index in [0.29, 0.717) is 30.8 Å². The topological polar surface area (TPSA) is 49.4 Å². The van der Waals surface area contributed by atoms with Gasteiger partial charge in [-0.3, -0.25) is 9.59 Å². The summed E-state index contributed by atoms with van der Waals surface area (Å²) >= 11 is 6.07. The zero-order valence-corrected chi connectivity index (χ0v) is 20.5. The fourth-order valence-corrected chi connectivity index (χ4v) is 4.53. The van der Waals surface area contributed by atoms with E-state index in [4.69, 9.17) is 11.6 Å². The monoisotopic (exact) mass is 484 g/mol. The van der Waals surface area contributed by atoms with E-state index < -0.39 is 6.04 Å². The van der Waals surface area contributed by atoms with Crippen LogP contribution in [-0.4, -0.2) is 29.8 Å². The average molecular weight is 485 g/mol. The minimum absolute atomic E-state index is 0.0579. The lowest BCUT2D eigenvalue weighted by Crippen LogP contribution is -2.49. The van der Waals surface area contributed by atoms with Crippen LogP contribution in [0.5, 0.6) is 0 Å². The van der Waals surface area contributed by atoms with E-state index in [-0.39, 0.29) is 11.8 Å². The number of aryl methyl sites for hydroxylation is 1. The lowest BCUT2D eigenvalue weighted by atomic mass is 9.99. The molecule has 2 amide bonds. The van der Waals surface area contributed by atoms with Crippen molar-refractivity contribution in [2.24, 2.45) is 0 Å². The number of halogens is 1. The molecule has 0 saturated carbocycles. The first-order valence-electron chi connectivity index (χ1n) is 11.8. The van der Waals surface area contributed by atoms with E-state index in [1.807, 2.05) is 72.8 Å². The van der Waals surface area contributed by atoms with E-state index in [2.05, 4.69) is 29.6 Å². The third-order valence-corrected chi connectivity index (χ3v) is 6.52. The summed E-state index contributed by atoms with van der Waals surface area (Å²) in [5.74, 6) is -0.237. The van der Waals surface area contributed by atoms with Crippen molar-refractivity contribution >= 4 is 34.2 Å². The Balaban J connectivity index is 1.61. The van der Waals surface area contributed by atoms with Crippen LogP contribution in [0.1, 0.15) is 23.1 Å². The van der Waals surface area contributed by atoms with Crippen LogP contribution >= 0.6 is 11.6 Å². The summed E-state index contributed by atoms with van der Waals surface area (Å²) in [5.41, 5.74) is 3.06. The first-order valence-corrected chi connectivity index (χ1v) is 12.2. The van der Waals surface area contributed by atoms with Gasteiger partial charge in [-0.25, -0.2) is 0 Å². The molecule has 0 heterocycles. The van der Waals surface area contributed by atoms with Crippen molar-refractivity contribution in [1.82, 2.24) is 10.2 Å². The van der Waals surface area contributed by atoms with Crippen LogP contribution in [-0.2, 0) is 29.0 Å². The smallest absolute Gasteiger partial charge is 0.242 e. The molecule has 0 radical (unpaired) electrons. The van der Waals surface area contributed by atoms with Crippen LogP contribution in [0.4, 0.5) is 0 Å². The van der Waals surface area contributed by atoms with Gasteiger partial charge in [0, 0.05) is 31.5 Å². The zero-order valence-electron chi connectivity index (χ0n) is 19.8. The lowest BCUT2D eigenvalue weighted by Gasteiger charge is -2.31. The molecular formula is C30H29ClN2O2. The SMILES string of the molecule is CNC(=O)C(Cc1ccccc1)N(Cc1ccc(Cl)cc1)C(=O)CCc1cccc2ccccc12. The summed E-state index contributed by atoms with van der Waals surface area (Å²) in [4.78, 5) is 28.4. The van der Waals surface area contributed by atoms with Gasteiger partial charge >= 0.3 is 0 Å². The van der Waals surface area contributed by atoms with Crippen molar-refractivity contribution < 1.29 is 9.59 Å². The van der Waals surface area contributed by atoms with Gasteiger partial charge in [-0.05, 0) is 46.0 Å². The van der Waals surface area contributed by atoms with Crippen molar-refractivity contribution in [3.63, 3.8) is 0 Å². The standard InChI is InChI=1S/C30H29ClN2O2/c1-32-30(35)28(20-22-8-3-2-4-9-22)33(21-23-14-17-26(31)18-15-23)29(34)19-16-25-12-7-11-24-10-5-6-13-27(24)25/h2-15,17-18,28H,16,19-21H2,1H3,(H,32,35). The molecule has 4 aromatic carbocycles. The van der Waals surface area contributed by atoms with Gasteiger partial charge in [0.15, 0.2) is 0 Å². The van der Waals surface area contributed by atoms with Gasteiger partial charge in [-0.1, -0.05) is 96.5 Å². The van der Waals surface area contributed by atoms with Crippen molar-refractivity contribution in [2.45, 2.75) is 31.8 Å².